The van der Waals surface area contributed by atoms with Gasteiger partial charge in [0.25, 0.3) is 0 Å². The molecule has 6 nitrogen and oxygen atoms in total. The highest BCUT2D eigenvalue weighted by atomic mass is 16.5. The summed E-state index contributed by atoms with van der Waals surface area (Å²) in [7, 11) is 1.88. The lowest BCUT2D eigenvalue weighted by molar-refractivity contribution is 0.0203. The molecule has 0 bridgehead atoms. The van der Waals surface area contributed by atoms with E-state index in [2.05, 4.69) is 34.0 Å². The highest BCUT2D eigenvalue weighted by Crippen LogP contribution is 2.14. The van der Waals surface area contributed by atoms with E-state index in [-0.39, 0.29) is 0 Å². The summed E-state index contributed by atoms with van der Waals surface area (Å²) in [4.78, 5) is 9.38. The number of ether oxygens (including phenoxy) is 2. The monoisotopic (exact) mass is 354 g/mol. The summed E-state index contributed by atoms with van der Waals surface area (Å²) in [5.41, 5.74) is 0. The number of hydrogen-bond acceptors (Lipinski definition) is 4. The lowest BCUT2D eigenvalue weighted by Crippen LogP contribution is -2.53. The average Bonchev–Trinajstić information content (AvgIpc) is 2.62. The van der Waals surface area contributed by atoms with Crippen LogP contribution in [-0.2, 0) is 9.47 Å². The molecule has 2 heterocycles. The van der Waals surface area contributed by atoms with Crippen LogP contribution >= 0.6 is 0 Å². The number of guanidine groups is 1. The molecule has 2 rings (SSSR count). The summed E-state index contributed by atoms with van der Waals surface area (Å²) in [6.45, 7) is 14.6. The zero-order valence-electron chi connectivity index (χ0n) is 16.5. The van der Waals surface area contributed by atoms with E-state index >= 15 is 0 Å². The van der Waals surface area contributed by atoms with Crippen molar-refractivity contribution in [2.75, 3.05) is 72.7 Å². The number of nitrogens with zero attached hydrogens (tertiary/aromatic N) is 3. The normalized spacial score (nSPS) is 21.1. The Labute approximate surface area is 153 Å². The van der Waals surface area contributed by atoms with Crippen LogP contribution in [0.2, 0.25) is 0 Å². The number of piperazine rings is 1. The van der Waals surface area contributed by atoms with Crippen molar-refractivity contribution in [1.29, 1.82) is 0 Å². The summed E-state index contributed by atoms with van der Waals surface area (Å²) < 4.78 is 11.2. The van der Waals surface area contributed by atoms with Crippen molar-refractivity contribution in [2.24, 2.45) is 16.8 Å². The van der Waals surface area contributed by atoms with Crippen LogP contribution in [0.25, 0.3) is 0 Å². The molecule has 0 aliphatic carbocycles. The maximum absolute atomic E-state index is 5.83. The molecule has 0 aromatic rings. The van der Waals surface area contributed by atoms with E-state index in [1.165, 1.54) is 6.54 Å². The Kier molecular flexibility index (Phi) is 9.58. The molecule has 2 aliphatic rings. The molecule has 6 heteroatoms. The molecule has 0 radical (unpaired) electrons. The Balaban J connectivity index is 1.53. The van der Waals surface area contributed by atoms with Gasteiger partial charge in [-0.25, -0.2) is 0 Å². The van der Waals surface area contributed by atoms with E-state index < -0.39 is 0 Å². The van der Waals surface area contributed by atoms with Gasteiger partial charge in [-0.2, -0.15) is 0 Å². The van der Waals surface area contributed by atoms with Crippen molar-refractivity contribution in [3.05, 3.63) is 0 Å². The predicted octanol–water partition coefficient (Wildman–Crippen LogP) is 1.67. The highest BCUT2D eigenvalue weighted by Gasteiger charge is 2.19. The third kappa shape index (κ3) is 7.92. The number of nitrogens with one attached hydrogen (secondary N) is 1. The van der Waals surface area contributed by atoms with Crippen LogP contribution in [0.5, 0.6) is 0 Å². The molecule has 146 valence electrons. The van der Waals surface area contributed by atoms with Gasteiger partial charge in [-0.3, -0.25) is 9.89 Å². The van der Waals surface area contributed by atoms with Crippen molar-refractivity contribution >= 4 is 5.96 Å². The Morgan fingerprint density at radius 2 is 1.92 bits per heavy atom. The fourth-order valence-electron chi connectivity index (χ4n) is 3.53. The van der Waals surface area contributed by atoms with Gasteiger partial charge in [0, 0.05) is 72.7 Å². The number of rotatable bonds is 8. The second-order valence-electron chi connectivity index (χ2n) is 7.64. The van der Waals surface area contributed by atoms with Crippen LogP contribution in [-0.4, -0.2) is 88.5 Å². The molecule has 25 heavy (non-hydrogen) atoms. The summed E-state index contributed by atoms with van der Waals surface area (Å²) in [5.74, 6) is 2.47. The van der Waals surface area contributed by atoms with Crippen molar-refractivity contribution in [3.8, 4) is 0 Å². The van der Waals surface area contributed by atoms with Gasteiger partial charge < -0.3 is 19.7 Å². The van der Waals surface area contributed by atoms with Crippen molar-refractivity contribution in [2.45, 2.75) is 33.1 Å². The standard InChI is InChI=1S/C19H38N4O2/c1-17(2)15-22-8-10-23(11-9-22)19(20-3)21-7-4-12-25-16-18-5-13-24-14-6-18/h17-18H,4-16H2,1-3H3,(H,20,21). The minimum atomic E-state index is 0.691. The van der Waals surface area contributed by atoms with E-state index in [0.29, 0.717) is 5.92 Å². The quantitative estimate of drug-likeness (QED) is 0.408. The van der Waals surface area contributed by atoms with E-state index in [1.807, 2.05) is 7.05 Å². The predicted molar refractivity (Wildman–Crippen MR) is 103 cm³/mol. The molecule has 0 amide bonds. The van der Waals surface area contributed by atoms with Crippen LogP contribution in [0.1, 0.15) is 33.1 Å². The summed E-state index contributed by atoms with van der Waals surface area (Å²) in [5, 5.41) is 3.49. The molecule has 0 spiro atoms. The maximum Gasteiger partial charge on any atom is 0.193 e. The van der Waals surface area contributed by atoms with Gasteiger partial charge >= 0.3 is 0 Å². The first-order valence-electron chi connectivity index (χ1n) is 10.0. The molecule has 0 aromatic carbocycles. The summed E-state index contributed by atoms with van der Waals surface area (Å²) in [6.07, 6.45) is 3.32. The van der Waals surface area contributed by atoms with Gasteiger partial charge in [-0.05, 0) is 31.1 Å². The van der Waals surface area contributed by atoms with Crippen LogP contribution in [0.4, 0.5) is 0 Å². The van der Waals surface area contributed by atoms with E-state index in [1.54, 1.807) is 0 Å². The lowest BCUT2D eigenvalue weighted by Gasteiger charge is -2.37. The van der Waals surface area contributed by atoms with Crippen molar-refractivity contribution in [3.63, 3.8) is 0 Å². The van der Waals surface area contributed by atoms with Crippen LogP contribution < -0.4 is 5.32 Å². The van der Waals surface area contributed by atoms with Gasteiger partial charge in [0.05, 0.1) is 0 Å². The maximum atomic E-state index is 5.83. The Morgan fingerprint density at radius 1 is 1.20 bits per heavy atom. The molecule has 0 atom stereocenters. The molecular formula is C19H38N4O2. The van der Waals surface area contributed by atoms with Crippen molar-refractivity contribution in [1.82, 2.24) is 15.1 Å². The molecule has 0 saturated carbocycles. The zero-order valence-corrected chi connectivity index (χ0v) is 16.5. The van der Waals surface area contributed by atoms with E-state index in [4.69, 9.17) is 9.47 Å². The minimum absolute atomic E-state index is 0.691. The minimum Gasteiger partial charge on any atom is -0.381 e. The molecule has 2 aliphatic heterocycles. The Hall–Kier alpha value is -0.850. The van der Waals surface area contributed by atoms with Crippen LogP contribution in [0.3, 0.4) is 0 Å². The Bertz CT molecular complexity index is 376. The highest BCUT2D eigenvalue weighted by molar-refractivity contribution is 5.79. The molecule has 0 unspecified atom stereocenters. The number of hydrogen-bond donors (Lipinski definition) is 1. The first-order chi connectivity index (χ1) is 12.2. The fraction of sp³-hybridized carbons (Fsp3) is 0.947. The van der Waals surface area contributed by atoms with Gasteiger partial charge in [-0.1, -0.05) is 13.8 Å². The second kappa shape index (κ2) is 11.7. The van der Waals surface area contributed by atoms with Gasteiger partial charge in [0.2, 0.25) is 0 Å². The SMILES string of the molecule is CN=C(NCCCOCC1CCOCC1)N1CCN(CC(C)C)CC1. The topological polar surface area (TPSA) is 49.3 Å². The summed E-state index contributed by atoms with van der Waals surface area (Å²) >= 11 is 0. The fourth-order valence-corrected chi connectivity index (χ4v) is 3.53. The second-order valence-corrected chi connectivity index (χ2v) is 7.64. The third-order valence-electron chi connectivity index (χ3n) is 4.95. The zero-order chi connectivity index (χ0) is 17.9. The molecule has 2 saturated heterocycles. The lowest BCUT2D eigenvalue weighted by atomic mass is 10.0. The Morgan fingerprint density at radius 3 is 2.56 bits per heavy atom. The summed E-state index contributed by atoms with van der Waals surface area (Å²) in [6, 6.07) is 0. The third-order valence-corrected chi connectivity index (χ3v) is 4.95. The first kappa shape index (κ1) is 20.5. The first-order valence-corrected chi connectivity index (χ1v) is 10.0. The van der Waals surface area contributed by atoms with E-state index in [9.17, 15) is 0 Å². The smallest absolute Gasteiger partial charge is 0.193 e. The van der Waals surface area contributed by atoms with Crippen molar-refractivity contribution < 1.29 is 9.47 Å². The number of aliphatic imine (C=N–C) groups is 1. The molecule has 2 fully saturated rings. The van der Waals surface area contributed by atoms with Gasteiger partial charge in [0.1, 0.15) is 0 Å². The van der Waals surface area contributed by atoms with Crippen LogP contribution in [0, 0.1) is 11.8 Å². The van der Waals surface area contributed by atoms with E-state index in [0.717, 1.165) is 90.3 Å². The average molecular weight is 355 g/mol. The van der Waals surface area contributed by atoms with Crippen LogP contribution in [0.15, 0.2) is 4.99 Å². The molecule has 0 aromatic heterocycles. The molecular weight excluding hydrogens is 316 g/mol. The molecule has 1 N–H and O–H groups in total. The van der Waals surface area contributed by atoms with Gasteiger partial charge in [0.15, 0.2) is 5.96 Å². The largest absolute Gasteiger partial charge is 0.381 e. The van der Waals surface area contributed by atoms with Gasteiger partial charge in [-0.15, -0.1) is 0 Å².